The second-order valence-corrected chi connectivity index (χ2v) is 4.65. The van der Waals surface area contributed by atoms with Crippen LogP contribution in [0.5, 0.6) is 11.5 Å². The zero-order valence-electron chi connectivity index (χ0n) is 12.5. The van der Waals surface area contributed by atoms with Crippen molar-refractivity contribution in [2.75, 3.05) is 13.7 Å². The van der Waals surface area contributed by atoms with E-state index in [4.69, 9.17) is 4.74 Å². The van der Waals surface area contributed by atoms with Gasteiger partial charge in [0.15, 0.2) is 11.5 Å². The Labute approximate surface area is 132 Å². The number of rotatable bonds is 8. The van der Waals surface area contributed by atoms with Gasteiger partial charge in [-0.25, -0.2) is 4.98 Å². The van der Waals surface area contributed by atoms with Gasteiger partial charge in [0.05, 0.1) is 13.4 Å². The third-order valence-electron chi connectivity index (χ3n) is 3.08. The van der Waals surface area contributed by atoms with Crippen LogP contribution in [0.2, 0.25) is 0 Å². The number of carbonyl (C=O) groups excluding carboxylic acids is 1. The molecule has 1 amide bonds. The van der Waals surface area contributed by atoms with Crippen molar-refractivity contribution in [1.82, 2.24) is 14.9 Å². The van der Waals surface area contributed by atoms with Gasteiger partial charge in [-0.15, -0.1) is 0 Å². The van der Waals surface area contributed by atoms with Crippen molar-refractivity contribution in [2.45, 2.75) is 19.6 Å². The molecule has 0 aliphatic carbocycles. The summed E-state index contributed by atoms with van der Waals surface area (Å²) in [4.78, 5) is 16.0. The lowest BCUT2D eigenvalue weighted by atomic mass is 10.2. The standard InChI is InChI=1S/C15H17F2N3O3/c1-22-13-9-11(3-4-12(13)23-15(16)17)14(21)19-5-2-7-20-8-6-18-10-20/h3-4,6,8-10,15H,2,5,7H2,1H3,(H,19,21). The van der Waals surface area contributed by atoms with E-state index in [9.17, 15) is 13.6 Å². The Morgan fingerprint density at radius 3 is 2.87 bits per heavy atom. The molecule has 0 saturated heterocycles. The first-order chi connectivity index (χ1) is 11.1. The highest BCUT2D eigenvalue weighted by Crippen LogP contribution is 2.29. The van der Waals surface area contributed by atoms with Gasteiger partial charge in [0.1, 0.15) is 0 Å². The average molecular weight is 325 g/mol. The number of amides is 1. The zero-order chi connectivity index (χ0) is 16.7. The number of nitrogens with zero attached hydrogens (tertiary/aromatic N) is 2. The van der Waals surface area contributed by atoms with Gasteiger partial charge in [-0.2, -0.15) is 8.78 Å². The molecule has 1 heterocycles. The largest absolute Gasteiger partial charge is 0.493 e. The number of alkyl halides is 2. The van der Waals surface area contributed by atoms with Crippen LogP contribution in [-0.2, 0) is 6.54 Å². The van der Waals surface area contributed by atoms with Crippen LogP contribution < -0.4 is 14.8 Å². The molecule has 0 spiro atoms. The predicted octanol–water partition coefficient (Wildman–Crippen LogP) is 2.31. The van der Waals surface area contributed by atoms with Gasteiger partial charge in [-0.1, -0.05) is 0 Å². The minimum Gasteiger partial charge on any atom is -0.493 e. The van der Waals surface area contributed by atoms with Crippen LogP contribution in [0, 0.1) is 0 Å². The Kier molecular flexibility index (Phi) is 5.90. The molecular formula is C15H17F2N3O3. The van der Waals surface area contributed by atoms with E-state index in [1.165, 1.54) is 25.3 Å². The molecule has 0 saturated carbocycles. The van der Waals surface area contributed by atoms with Crippen molar-refractivity contribution in [3.8, 4) is 11.5 Å². The van der Waals surface area contributed by atoms with Crippen LogP contribution in [0.25, 0.3) is 0 Å². The number of ether oxygens (including phenoxy) is 2. The first-order valence-electron chi connectivity index (χ1n) is 6.97. The molecule has 2 rings (SSSR count). The highest BCUT2D eigenvalue weighted by molar-refractivity contribution is 5.94. The summed E-state index contributed by atoms with van der Waals surface area (Å²) in [6.45, 7) is -1.73. The van der Waals surface area contributed by atoms with Crippen molar-refractivity contribution in [3.63, 3.8) is 0 Å². The van der Waals surface area contributed by atoms with Crippen molar-refractivity contribution in [2.24, 2.45) is 0 Å². The Balaban J connectivity index is 1.88. The van der Waals surface area contributed by atoms with E-state index in [0.29, 0.717) is 12.1 Å². The lowest BCUT2D eigenvalue weighted by Crippen LogP contribution is -2.25. The maximum atomic E-state index is 12.3. The number of hydrogen-bond donors (Lipinski definition) is 1. The highest BCUT2D eigenvalue weighted by atomic mass is 19.3. The molecule has 1 aromatic carbocycles. The fraction of sp³-hybridized carbons (Fsp3) is 0.333. The summed E-state index contributed by atoms with van der Waals surface area (Å²) < 4.78 is 35.7. The molecule has 0 aliphatic heterocycles. The van der Waals surface area contributed by atoms with Gasteiger partial charge >= 0.3 is 6.61 Å². The van der Waals surface area contributed by atoms with Crippen molar-refractivity contribution < 1.29 is 23.0 Å². The Morgan fingerprint density at radius 2 is 2.22 bits per heavy atom. The fourth-order valence-electron chi connectivity index (χ4n) is 1.99. The molecule has 1 aromatic heterocycles. The van der Waals surface area contributed by atoms with E-state index in [0.717, 1.165) is 13.0 Å². The van der Waals surface area contributed by atoms with Gasteiger partial charge in [0.25, 0.3) is 5.91 Å². The normalized spacial score (nSPS) is 10.6. The Morgan fingerprint density at radius 1 is 1.39 bits per heavy atom. The summed E-state index contributed by atoms with van der Waals surface area (Å²) in [6.07, 6.45) is 5.97. The SMILES string of the molecule is COc1cc(C(=O)NCCCn2ccnc2)ccc1OC(F)F. The van der Waals surface area contributed by atoms with E-state index in [1.54, 1.807) is 12.5 Å². The van der Waals surface area contributed by atoms with E-state index >= 15 is 0 Å². The molecule has 0 radical (unpaired) electrons. The second-order valence-electron chi connectivity index (χ2n) is 4.65. The summed E-state index contributed by atoms with van der Waals surface area (Å²) in [5.41, 5.74) is 0.311. The van der Waals surface area contributed by atoms with Crippen LogP contribution in [-0.4, -0.2) is 35.7 Å². The third kappa shape index (κ3) is 4.94. The number of aryl methyl sites for hydroxylation is 1. The molecule has 0 aliphatic rings. The number of hydrogen-bond acceptors (Lipinski definition) is 4. The van der Waals surface area contributed by atoms with Gasteiger partial charge < -0.3 is 19.4 Å². The van der Waals surface area contributed by atoms with Crippen LogP contribution in [0.3, 0.4) is 0 Å². The second kappa shape index (κ2) is 8.11. The van der Waals surface area contributed by atoms with Crippen LogP contribution in [0.1, 0.15) is 16.8 Å². The summed E-state index contributed by atoms with van der Waals surface area (Å²) in [5.74, 6) is -0.340. The van der Waals surface area contributed by atoms with Crippen LogP contribution in [0.4, 0.5) is 8.78 Å². The van der Waals surface area contributed by atoms with Gasteiger partial charge in [-0.05, 0) is 24.6 Å². The van der Waals surface area contributed by atoms with E-state index in [1.807, 2.05) is 10.8 Å². The van der Waals surface area contributed by atoms with Crippen molar-refractivity contribution in [1.29, 1.82) is 0 Å². The molecule has 124 valence electrons. The van der Waals surface area contributed by atoms with Gasteiger partial charge in [-0.3, -0.25) is 4.79 Å². The zero-order valence-corrected chi connectivity index (χ0v) is 12.5. The number of carbonyl (C=O) groups is 1. The van der Waals surface area contributed by atoms with E-state index < -0.39 is 6.61 Å². The number of benzene rings is 1. The number of methoxy groups -OCH3 is 1. The fourth-order valence-corrected chi connectivity index (χ4v) is 1.99. The first kappa shape index (κ1) is 16.7. The van der Waals surface area contributed by atoms with Gasteiger partial charge in [0, 0.05) is 31.0 Å². The lowest BCUT2D eigenvalue weighted by Gasteiger charge is -2.11. The molecule has 23 heavy (non-hydrogen) atoms. The minimum atomic E-state index is -2.95. The van der Waals surface area contributed by atoms with Gasteiger partial charge in [0.2, 0.25) is 0 Å². The third-order valence-corrected chi connectivity index (χ3v) is 3.08. The lowest BCUT2D eigenvalue weighted by molar-refractivity contribution is -0.0512. The molecule has 0 atom stereocenters. The number of halogens is 2. The van der Waals surface area contributed by atoms with Crippen molar-refractivity contribution in [3.05, 3.63) is 42.5 Å². The average Bonchev–Trinajstić information content (AvgIpc) is 3.04. The minimum absolute atomic E-state index is 0.0800. The Hall–Kier alpha value is -2.64. The molecule has 6 nitrogen and oxygen atoms in total. The molecule has 1 N–H and O–H groups in total. The molecule has 8 heteroatoms. The van der Waals surface area contributed by atoms with Crippen LogP contribution >= 0.6 is 0 Å². The summed E-state index contributed by atoms with van der Waals surface area (Å²) in [6, 6.07) is 4.06. The van der Waals surface area contributed by atoms with Crippen LogP contribution in [0.15, 0.2) is 36.9 Å². The molecule has 0 unspecified atom stereocenters. The first-order valence-corrected chi connectivity index (χ1v) is 6.97. The smallest absolute Gasteiger partial charge is 0.387 e. The number of aromatic nitrogens is 2. The summed E-state index contributed by atoms with van der Waals surface area (Å²) in [5, 5.41) is 2.76. The quantitative estimate of drug-likeness (QED) is 0.757. The molecule has 0 fully saturated rings. The molecular weight excluding hydrogens is 308 g/mol. The van der Waals surface area contributed by atoms with Crippen molar-refractivity contribution >= 4 is 5.91 Å². The number of nitrogens with one attached hydrogen (secondary N) is 1. The maximum absolute atomic E-state index is 12.3. The van der Waals surface area contributed by atoms with E-state index in [2.05, 4.69) is 15.0 Å². The van der Waals surface area contributed by atoms with E-state index in [-0.39, 0.29) is 17.4 Å². The Bertz CT molecular complexity index is 633. The molecule has 0 bridgehead atoms. The monoisotopic (exact) mass is 325 g/mol. The predicted molar refractivity (Wildman–Crippen MR) is 78.8 cm³/mol. The molecule has 2 aromatic rings. The highest BCUT2D eigenvalue weighted by Gasteiger charge is 2.13. The summed E-state index contributed by atoms with van der Waals surface area (Å²) >= 11 is 0. The maximum Gasteiger partial charge on any atom is 0.387 e. The topological polar surface area (TPSA) is 65.4 Å². The number of imidazole rings is 1. The summed E-state index contributed by atoms with van der Waals surface area (Å²) in [7, 11) is 1.32.